The lowest BCUT2D eigenvalue weighted by molar-refractivity contribution is -0.202. The standard InChI is InChI=1S/C30H30F3N5O4/c1-35-19-28(41)37-25(16-20-6-9-23(39)10-7-20)29(42)36(17-21-12-14-34-15-13-21)18-26(37)38(35)27(40)11-8-22-4-2-3-5-24(22)30(31,32)33/h2-7,9-10,12-15,25-26,39H,8,11,16-19H2,1H3/t25-,26?/m0/s1. The fourth-order valence-corrected chi connectivity index (χ4v) is 5.65. The summed E-state index contributed by atoms with van der Waals surface area (Å²) in [5.41, 5.74) is 0.743. The second kappa shape index (κ2) is 11.8. The van der Waals surface area contributed by atoms with E-state index < -0.39 is 29.9 Å². The van der Waals surface area contributed by atoms with Crippen molar-refractivity contribution in [1.29, 1.82) is 0 Å². The maximum absolute atomic E-state index is 13.8. The van der Waals surface area contributed by atoms with Crippen LogP contribution in [-0.2, 0) is 39.9 Å². The van der Waals surface area contributed by atoms with Crippen LogP contribution in [0.4, 0.5) is 13.2 Å². The SMILES string of the molecule is CN1CC(=O)N2C(CN(Cc3ccncc3)C(=O)[C@@H]2Cc2ccc(O)cc2)N1C(=O)CCc1ccccc1C(F)(F)F. The number of aryl methyl sites for hydroxylation is 1. The number of amides is 3. The summed E-state index contributed by atoms with van der Waals surface area (Å²) in [5, 5.41) is 12.6. The molecule has 220 valence electrons. The summed E-state index contributed by atoms with van der Waals surface area (Å²) < 4.78 is 40.7. The van der Waals surface area contributed by atoms with Gasteiger partial charge in [0.05, 0.1) is 18.7 Å². The summed E-state index contributed by atoms with van der Waals surface area (Å²) in [6.07, 6.45) is -2.41. The first-order chi connectivity index (χ1) is 20.0. The predicted octanol–water partition coefficient (Wildman–Crippen LogP) is 3.24. The van der Waals surface area contributed by atoms with E-state index in [9.17, 15) is 32.7 Å². The zero-order valence-corrected chi connectivity index (χ0v) is 22.9. The van der Waals surface area contributed by atoms with Crippen LogP contribution in [0.1, 0.15) is 28.7 Å². The van der Waals surface area contributed by atoms with Crippen molar-refractivity contribution in [3.8, 4) is 5.75 Å². The number of halogens is 3. The van der Waals surface area contributed by atoms with Gasteiger partial charge in [0, 0.05) is 38.8 Å². The maximum Gasteiger partial charge on any atom is 0.416 e. The van der Waals surface area contributed by atoms with E-state index in [-0.39, 0.29) is 62.0 Å². The Bertz CT molecular complexity index is 1450. The molecule has 0 spiro atoms. The molecule has 42 heavy (non-hydrogen) atoms. The summed E-state index contributed by atoms with van der Waals surface area (Å²) >= 11 is 0. The highest BCUT2D eigenvalue weighted by Crippen LogP contribution is 2.33. The van der Waals surface area contributed by atoms with Gasteiger partial charge in [-0.1, -0.05) is 30.3 Å². The van der Waals surface area contributed by atoms with Gasteiger partial charge in [0.25, 0.3) is 0 Å². The molecule has 3 aromatic rings. The van der Waals surface area contributed by atoms with Gasteiger partial charge in [-0.2, -0.15) is 13.2 Å². The van der Waals surface area contributed by atoms with Gasteiger partial charge in [-0.05, 0) is 53.4 Å². The minimum atomic E-state index is -4.55. The number of carbonyl (C=O) groups excluding carboxylic acids is 3. The highest BCUT2D eigenvalue weighted by atomic mass is 19.4. The van der Waals surface area contributed by atoms with Crippen molar-refractivity contribution in [3.05, 3.63) is 95.3 Å². The number of fused-ring (bicyclic) bond motifs is 1. The molecule has 1 N–H and O–H groups in total. The molecule has 2 aromatic carbocycles. The number of aromatic hydroxyl groups is 1. The number of phenolic OH excluding ortho intramolecular Hbond substituents is 1. The molecule has 3 amide bonds. The third-order valence-electron chi connectivity index (χ3n) is 7.61. The van der Waals surface area contributed by atoms with Crippen molar-refractivity contribution in [3.63, 3.8) is 0 Å². The van der Waals surface area contributed by atoms with Crippen LogP contribution in [0.25, 0.3) is 0 Å². The second-order valence-corrected chi connectivity index (χ2v) is 10.5. The molecule has 12 heteroatoms. The van der Waals surface area contributed by atoms with E-state index in [1.165, 1.54) is 45.2 Å². The quantitative estimate of drug-likeness (QED) is 0.460. The minimum absolute atomic E-state index is 0.00860. The first-order valence-corrected chi connectivity index (χ1v) is 13.5. The molecule has 9 nitrogen and oxygen atoms in total. The van der Waals surface area contributed by atoms with Crippen LogP contribution in [0.15, 0.2) is 73.1 Å². The zero-order valence-electron chi connectivity index (χ0n) is 22.9. The summed E-state index contributed by atoms with van der Waals surface area (Å²) in [6, 6.07) is 14.1. The van der Waals surface area contributed by atoms with E-state index in [0.717, 1.165) is 11.6 Å². The van der Waals surface area contributed by atoms with Gasteiger partial charge in [0.15, 0.2) is 0 Å². The first-order valence-electron chi connectivity index (χ1n) is 13.5. The fraction of sp³-hybridized carbons (Fsp3) is 0.333. The van der Waals surface area contributed by atoms with Crippen LogP contribution in [0.3, 0.4) is 0 Å². The van der Waals surface area contributed by atoms with E-state index >= 15 is 0 Å². The molecule has 5 rings (SSSR count). The molecular weight excluding hydrogens is 551 g/mol. The Morgan fingerprint density at radius 2 is 1.69 bits per heavy atom. The Labute approximate surface area is 240 Å². The zero-order chi connectivity index (χ0) is 30.0. The molecule has 0 bridgehead atoms. The number of benzene rings is 2. The number of piperazine rings is 1. The molecule has 2 fully saturated rings. The van der Waals surface area contributed by atoms with E-state index in [2.05, 4.69) is 4.98 Å². The van der Waals surface area contributed by atoms with E-state index in [4.69, 9.17) is 0 Å². The van der Waals surface area contributed by atoms with Gasteiger partial charge in [-0.15, -0.1) is 0 Å². The Hall–Kier alpha value is -4.45. The lowest BCUT2D eigenvalue weighted by Crippen LogP contribution is -2.75. The van der Waals surface area contributed by atoms with Crippen LogP contribution < -0.4 is 0 Å². The molecule has 2 aliphatic rings. The molecule has 0 radical (unpaired) electrons. The van der Waals surface area contributed by atoms with Crippen molar-refractivity contribution >= 4 is 17.7 Å². The number of carbonyl (C=O) groups is 3. The number of rotatable bonds is 7. The summed E-state index contributed by atoms with van der Waals surface area (Å²) in [4.78, 5) is 48.0. The van der Waals surface area contributed by atoms with Crippen molar-refractivity contribution in [2.24, 2.45) is 0 Å². The number of likely N-dealkylation sites (N-methyl/N-ethyl adjacent to an activating group) is 1. The van der Waals surface area contributed by atoms with Crippen molar-refractivity contribution in [1.82, 2.24) is 24.8 Å². The van der Waals surface area contributed by atoms with Crippen LogP contribution >= 0.6 is 0 Å². The van der Waals surface area contributed by atoms with Gasteiger partial charge in [-0.25, -0.2) is 5.01 Å². The molecular formula is C30H30F3N5O4. The molecule has 2 aliphatic heterocycles. The minimum Gasteiger partial charge on any atom is -0.508 e. The Morgan fingerprint density at radius 3 is 2.38 bits per heavy atom. The first kappa shape index (κ1) is 29.1. The van der Waals surface area contributed by atoms with Gasteiger partial charge >= 0.3 is 6.18 Å². The smallest absolute Gasteiger partial charge is 0.416 e. The van der Waals surface area contributed by atoms with Crippen LogP contribution in [0.2, 0.25) is 0 Å². The topological polar surface area (TPSA) is 97.3 Å². The lowest BCUT2D eigenvalue weighted by atomic mass is 9.98. The Morgan fingerprint density at radius 1 is 1.00 bits per heavy atom. The third-order valence-corrected chi connectivity index (χ3v) is 7.61. The largest absolute Gasteiger partial charge is 0.508 e. The summed E-state index contributed by atoms with van der Waals surface area (Å²) in [7, 11) is 1.58. The number of hydrogen-bond donors (Lipinski definition) is 1. The molecule has 2 saturated heterocycles. The normalized spacial score (nSPS) is 19.7. The highest BCUT2D eigenvalue weighted by molar-refractivity contribution is 5.91. The monoisotopic (exact) mass is 581 g/mol. The molecule has 1 unspecified atom stereocenters. The van der Waals surface area contributed by atoms with Crippen molar-refractivity contribution in [2.45, 2.75) is 44.2 Å². The fourth-order valence-electron chi connectivity index (χ4n) is 5.65. The number of phenols is 1. The Balaban J connectivity index is 1.45. The van der Waals surface area contributed by atoms with E-state index in [1.807, 2.05) is 0 Å². The van der Waals surface area contributed by atoms with E-state index in [0.29, 0.717) is 5.56 Å². The number of alkyl halides is 3. The summed E-state index contributed by atoms with van der Waals surface area (Å²) in [6.45, 7) is 0.0654. The Kier molecular flexibility index (Phi) is 8.17. The van der Waals surface area contributed by atoms with Crippen molar-refractivity contribution < 1.29 is 32.7 Å². The van der Waals surface area contributed by atoms with E-state index in [1.54, 1.807) is 48.6 Å². The van der Waals surface area contributed by atoms with Crippen LogP contribution in [0, 0.1) is 0 Å². The average molecular weight is 582 g/mol. The summed E-state index contributed by atoms with van der Waals surface area (Å²) in [5.74, 6) is -1.03. The molecule has 3 heterocycles. The number of hydrogen-bond acceptors (Lipinski definition) is 6. The van der Waals surface area contributed by atoms with Crippen LogP contribution in [-0.4, -0.2) is 80.0 Å². The number of nitrogens with zero attached hydrogens (tertiary/aromatic N) is 5. The second-order valence-electron chi connectivity index (χ2n) is 10.5. The van der Waals surface area contributed by atoms with Gasteiger partial charge in [-0.3, -0.25) is 24.4 Å². The predicted molar refractivity (Wildman–Crippen MR) is 145 cm³/mol. The van der Waals surface area contributed by atoms with Gasteiger partial charge < -0.3 is 14.9 Å². The molecule has 2 atom stereocenters. The van der Waals surface area contributed by atoms with Crippen molar-refractivity contribution in [2.75, 3.05) is 20.1 Å². The average Bonchev–Trinajstić information content (AvgIpc) is 2.95. The molecule has 0 aliphatic carbocycles. The third kappa shape index (κ3) is 6.08. The highest BCUT2D eigenvalue weighted by Gasteiger charge is 2.50. The molecule has 0 saturated carbocycles. The lowest BCUT2D eigenvalue weighted by Gasteiger charge is -2.54. The number of aromatic nitrogens is 1. The van der Waals surface area contributed by atoms with Crippen LogP contribution in [0.5, 0.6) is 5.75 Å². The number of pyridine rings is 1. The van der Waals surface area contributed by atoms with Gasteiger partial charge in [0.1, 0.15) is 18.0 Å². The maximum atomic E-state index is 13.8. The van der Waals surface area contributed by atoms with Gasteiger partial charge in [0.2, 0.25) is 17.7 Å². The number of hydrazine groups is 1. The molecule has 1 aromatic heterocycles.